The molecule has 1 aromatic carbocycles. The summed E-state index contributed by atoms with van der Waals surface area (Å²) in [5.41, 5.74) is 6.19. The standard InChI is InChI=1S/C20H25FN4O4/c1-4-28-20(27)12-9-25-11(2)10-29-19-14(21)17(24-7-5-23(3)6-8-24)15(22)13(16(19)25)18(12)26/h9,11H,4-8,10,22H2,1-3H3/t11-/m0/s1. The summed E-state index contributed by atoms with van der Waals surface area (Å²) in [6.45, 7) is 6.54. The lowest BCUT2D eigenvalue weighted by atomic mass is 10.0. The second-order valence-corrected chi connectivity index (χ2v) is 7.58. The number of pyridine rings is 1. The van der Waals surface area contributed by atoms with Crippen molar-refractivity contribution in [2.75, 3.05) is 57.1 Å². The van der Waals surface area contributed by atoms with Crippen LogP contribution in [0.2, 0.25) is 0 Å². The molecule has 0 amide bonds. The Morgan fingerprint density at radius 2 is 2.03 bits per heavy atom. The SMILES string of the molecule is CCOC(=O)c1cn2c3c(c(F)c(N4CCN(C)CC4)c(N)c3c1=O)OC[C@@H]2C. The lowest BCUT2D eigenvalue weighted by Crippen LogP contribution is -2.45. The second-order valence-electron chi connectivity index (χ2n) is 7.58. The molecule has 2 aliphatic rings. The third-order valence-corrected chi connectivity index (χ3v) is 5.64. The largest absolute Gasteiger partial charge is 0.486 e. The first kappa shape index (κ1) is 19.5. The molecule has 2 aromatic rings. The molecule has 8 nitrogen and oxygen atoms in total. The highest BCUT2D eigenvalue weighted by molar-refractivity contribution is 6.05. The maximum Gasteiger partial charge on any atom is 0.343 e. The van der Waals surface area contributed by atoms with Crippen LogP contribution in [0.1, 0.15) is 30.2 Å². The van der Waals surface area contributed by atoms with Crippen molar-refractivity contribution in [3.63, 3.8) is 0 Å². The van der Waals surface area contributed by atoms with E-state index in [0.717, 1.165) is 13.1 Å². The van der Waals surface area contributed by atoms with E-state index >= 15 is 4.39 Å². The lowest BCUT2D eigenvalue weighted by Gasteiger charge is -2.36. The molecule has 0 aliphatic carbocycles. The van der Waals surface area contributed by atoms with E-state index in [1.165, 1.54) is 6.20 Å². The van der Waals surface area contributed by atoms with Crippen LogP contribution in [0.15, 0.2) is 11.0 Å². The number of esters is 1. The molecular formula is C20H25FN4O4. The summed E-state index contributed by atoms with van der Waals surface area (Å²) in [5, 5.41) is 0.104. The van der Waals surface area contributed by atoms with Crippen molar-refractivity contribution in [2.24, 2.45) is 0 Å². The highest BCUT2D eigenvalue weighted by atomic mass is 19.1. The van der Waals surface area contributed by atoms with E-state index in [1.807, 2.05) is 18.9 Å². The molecule has 1 atom stereocenters. The molecule has 2 aliphatic heterocycles. The Morgan fingerprint density at radius 1 is 1.34 bits per heavy atom. The number of benzene rings is 1. The highest BCUT2D eigenvalue weighted by Gasteiger charge is 2.33. The van der Waals surface area contributed by atoms with Gasteiger partial charge in [0.25, 0.3) is 0 Å². The molecule has 0 saturated carbocycles. The van der Waals surface area contributed by atoms with Crippen molar-refractivity contribution in [1.82, 2.24) is 9.47 Å². The summed E-state index contributed by atoms with van der Waals surface area (Å²) >= 11 is 0. The summed E-state index contributed by atoms with van der Waals surface area (Å²) in [5.74, 6) is -1.27. The number of hydrogen-bond acceptors (Lipinski definition) is 7. The number of rotatable bonds is 3. The molecule has 1 aromatic heterocycles. The molecule has 4 rings (SSSR count). The van der Waals surface area contributed by atoms with Gasteiger partial charge in [-0.15, -0.1) is 0 Å². The van der Waals surface area contributed by atoms with Crippen LogP contribution in [0.5, 0.6) is 5.75 Å². The number of carbonyl (C=O) groups is 1. The molecule has 9 heteroatoms. The number of nitrogens with two attached hydrogens (primary N) is 1. The van der Waals surface area contributed by atoms with Gasteiger partial charge in [-0.3, -0.25) is 4.79 Å². The zero-order valence-corrected chi connectivity index (χ0v) is 16.8. The number of nitrogens with zero attached hydrogens (tertiary/aromatic N) is 3. The van der Waals surface area contributed by atoms with Gasteiger partial charge in [0.05, 0.1) is 23.7 Å². The average Bonchev–Trinajstić information content (AvgIpc) is 2.69. The Morgan fingerprint density at radius 3 is 2.69 bits per heavy atom. The fourth-order valence-electron chi connectivity index (χ4n) is 4.02. The van der Waals surface area contributed by atoms with Crippen LogP contribution in [0.3, 0.4) is 0 Å². The molecule has 1 fully saturated rings. The predicted molar refractivity (Wildman–Crippen MR) is 108 cm³/mol. The first-order valence-corrected chi connectivity index (χ1v) is 9.78. The van der Waals surface area contributed by atoms with Crippen LogP contribution >= 0.6 is 0 Å². The van der Waals surface area contributed by atoms with Gasteiger partial charge in [-0.25, -0.2) is 9.18 Å². The Kier molecular flexibility index (Phi) is 4.85. The number of carbonyl (C=O) groups excluding carboxylic acids is 1. The number of hydrogen-bond donors (Lipinski definition) is 1. The normalized spacial score (nSPS) is 19.3. The van der Waals surface area contributed by atoms with Crippen LogP contribution in [-0.2, 0) is 4.74 Å². The van der Waals surface area contributed by atoms with Crippen molar-refractivity contribution >= 4 is 28.2 Å². The summed E-state index contributed by atoms with van der Waals surface area (Å²) in [6, 6.07) is -0.202. The second kappa shape index (κ2) is 7.22. The van der Waals surface area contributed by atoms with Gasteiger partial charge in [0.1, 0.15) is 23.4 Å². The molecule has 3 heterocycles. The molecule has 29 heavy (non-hydrogen) atoms. The Bertz CT molecular complexity index is 1040. The summed E-state index contributed by atoms with van der Waals surface area (Å²) in [7, 11) is 2.00. The third-order valence-electron chi connectivity index (χ3n) is 5.64. The minimum Gasteiger partial charge on any atom is -0.486 e. The van der Waals surface area contributed by atoms with Gasteiger partial charge in [-0.2, -0.15) is 0 Å². The first-order chi connectivity index (χ1) is 13.8. The Labute approximate surface area is 167 Å². The number of nitrogen functional groups attached to an aromatic ring is 1. The van der Waals surface area contributed by atoms with E-state index in [0.29, 0.717) is 13.1 Å². The molecule has 0 radical (unpaired) electrons. The number of halogens is 1. The number of likely N-dealkylation sites (N-methyl/N-ethyl adjacent to an activating group) is 1. The zero-order valence-electron chi connectivity index (χ0n) is 16.8. The smallest absolute Gasteiger partial charge is 0.343 e. The predicted octanol–water partition coefficient (Wildman–Crippen LogP) is 1.60. The van der Waals surface area contributed by atoms with Crippen LogP contribution in [-0.4, -0.2) is 61.9 Å². The van der Waals surface area contributed by atoms with Crippen LogP contribution in [0.4, 0.5) is 15.8 Å². The molecule has 2 N–H and O–H groups in total. The van der Waals surface area contributed by atoms with Gasteiger partial charge in [-0.05, 0) is 20.9 Å². The third kappa shape index (κ3) is 3.00. The number of piperazine rings is 1. The van der Waals surface area contributed by atoms with E-state index in [2.05, 4.69) is 4.90 Å². The molecule has 1 saturated heterocycles. The summed E-state index contributed by atoms with van der Waals surface area (Å²) in [4.78, 5) is 29.6. The molecule has 0 bridgehead atoms. The van der Waals surface area contributed by atoms with E-state index in [9.17, 15) is 9.59 Å². The topological polar surface area (TPSA) is 90.0 Å². The Hall–Kier alpha value is -2.81. The summed E-state index contributed by atoms with van der Waals surface area (Å²) < 4.78 is 28.0. The van der Waals surface area contributed by atoms with Gasteiger partial charge in [0.15, 0.2) is 11.6 Å². The first-order valence-electron chi connectivity index (χ1n) is 9.78. The monoisotopic (exact) mass is 404 g/mol. The number of aromatic nitrogens is 1. The van der Waals surface area contributed by atoms with Gasteiger partial charge in [-0.1, -0.05) is 0 Å². The van der Waals surface area contributed by atoms with Crippen LogP contribution < -0.4 is 20.8 Å². The highest BCUT2D eigenvalue weighted by Crippen LogP contribution is 2.43. The van der Waals surface area contributed by atoms with Crippen LogP contribution in [0.25, 0.3) is 10.9 Å². The quantitative estimate of drug-likeness (QED) is 0.614. The summed E-state index contributed by atoms with van der Waals surface area (Å²) in [6.07, 6.45) is 1.42. The van der Waals surface area contributed by atoms with Gasteiger partial charge < -0.3 is 29.6 Å². The van der Waals surface area contributed by atoms with E-state index in [-0.39, 0.29) is 52.8 Å². The van der Waals surface area contributed by atoms with Crippen molar-refractivity contribution in [3.05, 3.63) is 27.8 Å². The average molecular weight is 404 g/mol. The van der Waals surface area contributed by atoms with E-state index < -0.39 is 17.2 Å². The van der Waals surface area contributed by atoms with Crippen molar-refractivity contribution in [2.45, 2.75) is 19.9 Å². The maximum atomic E-state index is 15.5. The number of ether oxygens (including phenoxy) is 2. The van der Waals surface area contributed by atoms with Crippen LogP contribution in [0, 0.1) is 5.82 Å². The van der Waals surface area contributed by atoms with Gasteiger partial charge >= 0.3 is 5.97 Å². The molecular weight excluding hydrogens is 379 g/mol. The Balaban J connectivity index is 2.02. The van der Waals surface area contributed by atoms with Gasteiger partial charge in [0.2, 0.25) is 5.43 Å². The fraction of sp³-hybridized carbons (Fsp3) is 0.500. The minimum absolute atomic E-state index is 0.00809. The minimum atomic E-state index is -0.715. The molecule has 0 unspecified atom stereocenters. The van der Waals surface area contributed by atoms with Crippen molar-refractivity contribution < 1.29 is 18.7 Å². The molecule has 0 spiro atoms. The number of anilines is 2. The lowest BCUT2D eigenvalue weighted by molar-refractivity contribution is 0.0523. The zero-order chi connectivity index (χ0) is 20.9. The van der Waals surface area contributed by atoms with Crippen molar-refractivity contribution in [1.29, 1.82) is 0 Å². The van der Waals surface area contributed by atoms with Crippen molar-refractivity contribution in [3.8, 4) is 5.75 Å². The molecule has 156 valence electrons. The fourth-order valence-corrected chi connectivity index (χ4v) is 4.02. The maximum absolute atomic E-state index is 15.5. The van der Waals surface area contributed by atoms with Gasteiger partial charge in [0, 0.05) is 32.4 Å². The van der Waals surface area contributed by atoms with E-state index in [4.69, 9.17) is 15.2 Å². The van der Waals surface area contributed by atoms with E-state index in [1.54, 1.807) is 11.5 Å².